The predicted molar refractivity (Wildman–Crippen MR) is 89.4 cm³/mol. The van der Waals surface area contributed by atoms with Crippen LogP contribution in [0.4, 0.5) is 14.6 Å². The number of benzene rings is 1. The summed E-state index contributed by atoms with van der Waals surface area (Å²) in [7, 11) is 0. The Hall–Kier alpha value is -3.23. The van der Waals surface area contributed by atoms with Gasteiger partial charge in [-0.05, 0) is 24.3 Å². The number of alkyl halides is 1. The molecule has 0 radical (unpaired) electrons. The fraction of sp³-hybridized carbons (Fsp3) is 0.235. The molecule has 9 heteroatoms. The molecule has 0 saturated heterocycles. The van der Waals surface area contributed by atoms with Gasteiger partial charge in [-0.3, -0.25) is 4.79 Å². The molecule has 1 aliphatic heterocycles. The molecule has 1 amide bonds. The number of anilines is 1. The fourth-order valence-corrected chi connectivity index (χ4v) is 2.72. The number of amides is 1. The van der Waals surface area contributed by atoms with Gasteiger partial charge in [-0.2, -0.15) is 5.10 Å². The van der Waals surface area contributed by atoms with Crippen LogP contribution in [0.1, 0.15) is 15.9 Å². The van der Waals surface area contributed by atoms with Crippen molar-refractivity contribution in [3.8, 4) is 5.75 Å². The van der Waals surface area contributed by atoms with Crippen molar-refractivity contribution in [2.24, 2.45) is 0 Å². The lowest BCUT2D eigenvalue weighted by atomic mass is 10.2. The highest BCUT2D eigenvalue weighted by atomic mass is 19.1. The average Bonchev–Trinajstić information content (AvgIpc) is 3.07. The van der Waals surface area contributed by atoms with Crippen LogP contribution in [-0.2, 0) is 6.54 Å². The Morgan fingerprint density at radius 3 is 3.04 bits per heavy atom. The Labute approximate surface area is 147 Å². The predicted octanol–water partition coefficient (Wildman–Crippen LogP) is 1.94. The number of ether oxygens (including phenoxy) is 1. The molecule has 1 aromatic carbocycles. The third-order valence-electron chi connectivity index (χ3n) is 4.05. The lowest BCUT2D eigenvalue weighted by molar-refractivity contribution is 0.0916. The second-order valence-corrected chi connectivity index (χ2v) is 5.85. The highest BCUT2D eigenvalue weighted by Gasteiger charge is 2.19. The number of nitrogens with one attached hydrogen (secondary N) is 2. The van der Waals surface area contributed by atoms with Crippen LogP contribution in [0.25, 0.3) is 5.65 Å². The topological polar surface area (TPSA) is 80.5 Å². The maximum absolute atomic E-state index is 13.6. The zero-order valence-electron chi connectivity index (χ0n) is 13.6. The first-order chi connectivity index (χ1) is 12.6. The van der Waals surface area contributed by atoms with E-state index in [9.17, 15) is 13.6 Å². The number of fused-ring (bicyclic) bond motifs is 2. The molecular formula is C17H15F2N5O2. The molecule has 0 saturated carbocycles. The van der Waals surface area contributed by atoms with Crippen molar-refractivity contribution in [2.75, 3.05) is 18.5 Å². The van der Waals surface area contributed by atoms with Gasteiger partial charge in [0.15, 0.2) is 5.65 Å². The van der Waals surface area contributed by atoms with Crippen LogP contribution in [0.3, 0.4) is 0 Å². The van der Waals surface area contributed by atoms with Crippen LogP contribution in [0, 0.1) is 5.82 Å². The van der Waals surface area contributed by atoms with E-state index in [2.05, 4.69) is 20.7 Å². The van der Waals surface area contributed by atoms with Gasteiger partial charge in [0.05, 0.1) is 12.7 Å². The number of rotatable bonds is 1. The van der Waals surface area contributed by atoms with Gasteiger partial charge in [-0.1, -0.05) is 0 Å². The molecule has 0 unspecified atom stereocenters. The van der Waals surface area contributed by atoms with Crippen LogP contribution in [0.5, 0.6) is 5.75 Å². The van der Waals surface area contributed by atoms with Gasteiger partial charge >= 0.3 is 0 Å². The van der Waals surface area contributed by atoms with E-state index in [-0.39, 0.29) is 18.7 Å². The minimum atomic E-state index is -0.897. The number of nitrogens with zero attached hydrogens (tertiary/aromatic N) is 3. The summed E-state index contributed by atoms with van der Waals surface area (Å²) in [4.78, 5) is 16.8. The Morgan fingerprint density at radius 1 is 1.31 bits per heavy atom. The molecule has 2 bridgehead atoms. The van der Waals surface area contributed by atoms with Crippen molar-refractivity contribution in [1.82, 2.24) is 19.9 Å². The normalized spacial score (nSPS) is 17.3. The smallest absolute Gasteiger partial charge is 0.256 e. The quantitative estimate of drug-likeness (QED) is 0.694. The summed E-state index contributed by atoms with van der Waals surface area (Å²) in [5, 5.41) is 9.77. The molecule has 0 fully saturated rings. The van der Waals surface area contributed by atoms with E-state index >= 15 is 0 Å². The molecule has 26 heavy (non-hydrogen) atoms. The molecule has 4 rings (SSSR count). The zero-order valence-corrected chi connectivity index (χ0v) is 13.6. The van der Waals surface area contributed by atoms with Crippen molar-refractivity contribution in [2.45, 2.75) is 12.6 Å². The third-order valence-corrected chi connectivity index (χ3v) is 4.05. The molecule has 2 N–H and O–H groups in total. The van der Waals surface area contributed by atoms with Gasteiger partial charge in [0.2, 0.25) is 0 Å². The Balaban J connectivity index is 1.77. The summed E-state index contributed by atoms with van der Waals surface area (Å²) in [6.07, 6.45) is 2.16. The third kappa shape index (κ3) is 3.03. The van der Waals surface area contributed by atoms with E-state index in [0.29, 0.717) is 22.8 Å². The minimum Gasteiger partial charge on any atom is -0.485 e. The molecule has 1 atom stereocenters. The van der Waals surface area contributed by atoms with Crippen LogP contribution < -0.4 is 15.4 Å². The van der Waals surface area contributed by atoms with E-state index in [1.807, 2.05) is 0 Å². The van der Waals surface area contributed by atoms with Crippen molar-refractivity contribution >= 4 is 17.4 Å². The maximum atomic E-state index is 13.6. The van der Waals surface area contributed by atoms with E-state index < -0.39 is 24.5 Å². The number of carbonyl (C=O) groups is 1. The number of aromatic nitrogens is 3. The van der Waals surface area contributed by atoms with E-state index in [1.165, 1.54) is 28.9 Å². The van der Waals surface area contributed by atoms with E-state index in [1.54, 1.807) is 12.3 Å². The molecule has 3 aromatic rings. The Bertz CT molecular complexity index is 975. The molecule has 3 heterocycles. The first kappa shape index (κ1) is 16.2. The Kier molecular flexibility index (Phi) is 4.11. The highest BCUT2D eigenvalue weighted by molar-refractivity contribution is 5.99. The summed E-state index contributed by atoms with van der Waals surface area (Å²) in [5.41, 5.74) is 1.16. The van der Waals surface area contributed by atoms with Crippen LogP contribution >= 0.6 is 0 Å². The molecule has 2 aromatic heterocycles. The summed E-state index contributed by atoms with van der Waals surface area (Å²) in [6.45, 7) is -0.628. The van der Waals surface area contributed by atoms with Gasteiger partial charge in [-0.15, -0.1) is 0 Å². The van der Waals surface area contributed by atoms with Crippen molar-refractivity contribution < 1.29 is 18.3 Å². The molecular weight excluding hydrogens is 344 g/mol. The molecule has 0 spiro atoms. The molecule has 134 valence electrons. The number of carbonyl (C=O) groups excluding carboxylic acids is 1. The van der Waals surface area contributed by atoms with Crippen molar-refractivity contribution in [1.29, 1.82) is 0 Å². The number of hydrogen-bond acceptors (Lipinski definition) is 5. The van der Waals surface area contributed by atoms with Gasteiger partial charge < -0.3 is 15.4 Å². The van der Waals surface area contributed by atoms with Gasteiger partial charge in [-0.25, -0.2) is 18.3 Å². The molecule has 1 aliphatic rings. The largest absolute Gasteiger partial charge is 0.485 e. The number of hydrogen-bond donors (Lipinski definition) is 2. The summed E-state index contributed by atoms with van der Waals surface area (Å²) >= 11 is 0. The highest BCUT2D eigenvalue weighted by Crippen LogP contribution is 2.23. The van der Waals surface area contributed by atoms with Crippen LogP contribution in [0.15, 0.2) is 36.7 Å². The molecule has 7 nitrogen and oxygen atoms in total. The maximum Gasteiger partial charge on any atom is 0.256 e. The van der Waals surface area contributed by atoms with Gasteiger partial charge in [0.25, 0.3) is 5.91 Å². The second kappa shape index (κ2) is 6.58. The van der Waals surface area contributed by atoms with E-state index in [0.717, 1.165) is 0 Å². The first-order valence-corrected chi connectivity index (χ1v) is 8.01. The first-order valence-electron chi connectivity index (χ1n) is 8.01. The van der Waals surface area contributed by atoms with Gasteiger partial charge in [0.1, 0.15) is 35.7 Å². The summed E-state index contributed by atoms with van der Waals surface area (Å²) < 4.78 is 34.1. The van der Waals surface area contributed by atoms with Crippen molar-refractivity contribution in [3.63, 3.8) is 0 Å². The second-order valence-electron chi connectivity index (χ2n) is 5.85. The monoisotopic (exact) mass is 359 g/mol. The lowest BCUT2D eigenvalue weighted by Gasteiger charge is -2.19. The minimum absolute atomic E-state index is 0.0450. The SMILES string of the molecule is O=C1NC[C@H](CF)Oc2ccc(F)cc2CNc2ccn3ncc1c3n2. The summed E-state index contributed by atoms with van der Waals surface area (Å²) in [6, 6.07) is 5.69. The average molecular weight is 359 g/mol. The van der Waals surface area contributed by atoms with Crippen LogP contribution in [-0.4, -0.2) is 39.8 Å². The standard InChI is InChI=1S/C17H15F2N5O2/c18-6-12-8-21-17(25)13-9-22-24-4-3-15(23-16(13)24)20-7-10-5-11(19)1-2-14(10)26-12/h1-5,9,12H,6-8H2,(H,20,23)(H,21,25)/t12-/m0/s1. The zero-order chi connectivity index (χ0) is 18.1. The Morgan fingerprint density at radius 2 is 2.19 bits per heavy atom. The number of halogens is 2. The lowest BCUT2D eigenvalue weighted by Crippen LogP contribution is -2.36. The van der Waals surface area contributed by atoms with Gasteiger partial charge in [0, 0.05) is 18.3 Å². The molecule has 0 aliphatic carbocycles. The van der Waals surface area contributed by atoms with Crippen molar-refractivity contribution in [3.05, 3.63) is 53.6 Å². The fourth-order valence-electron chi connectivity index (χ4n) is 2.72. The van der Waals surface area contributed by atoms with E-state index in [4.69, 9.17) is 4.74 Å². The van der Waals surface area contributed by atoms with Crippen LogP contribution in [0.2, 0.25) is 0 Å². The summed E-state index contributed by atoms with van der Waals surface area (Å²) in [5.74, 6) is -0.0157.